The molecule has 172 valence electrons. The van der Waals surface area contributed by atoms with Crippen molar-refractivity contribution in [3.63, 3.8) is 0 Å². The molecule has 0 radical (unpaired) electrons. The zero-order valence-corrected chi connectivity index (χ0v) is 23.4. The van der Waals surface area contributed by atoms with Gasteiger partial charge in [0.25, 0.3) is 5.91 Å². The average Bonchev–Trinajstić information content (AvgIpc) is 2.77. The molecule has 0 bridgehead atoms. The Morgan fingerprint density at radius 3 is 2.48 bits per heavy atom. The van der Waals surface area contributed by atoms with E-state index in [0.29, 0.717) is 23.3 Å². The van der Waals surface area contributed by atoms with Crippen molar-refractivity contribution in [3.05, 3.63) is 72.1 Å². The number of hydrogen-bond donors (Lipinski definition) is 1. The van der Waals surface area contributed by atoms with Gasteiger partial charge in [0.1, 0.15) is 6.61 Å². The first-order valence-electron chi connectivity index (χ1n) is 9.86. The third-order valence-corrected chi connectivity index (χ3v) is 6.61. The molecule has 2 aromatic carbocycles. The Labute approximate surface area is 224 Å². The Morgan fingerprint density at radius 1 is 1.12 bits per heavy atom. The summed E-state index contributed by atoms with van der Waals surface area (Å²) >= 11 is 5.75. The van der Waals surface area contributed by atoms with Gasteiger partial charge in [0, 0.05) is 15.0 Å². The van der Waals surface area contributed by atoms with Crippen LogP contribution in [0.4, 0.5) is 0 Å². The van der Waals surface area contributed by atoms with E-state index in [2.05, 4.69) is 65.7 Å². The molecule has 0 aliphatic rings. The number of aryl methyl sites for hydroxylation is 2. The monoisotopic (exact) mass is 688 g/mol. The Balaban J connectivity index is 1.58. The van der Waals surface area contributed by atoms with Crippen molar-refractivity contribution in [1.29, 1.82) is 0 Å². The minimum Gasteiger partial charge on any atom is -0.493 e. The van der Waals surface area contributed by atoms with Gasteiger partial charge in [0.2, 0.25) is 0 Å². The topological polar surface area (TPSA) is 85.7 Å². The fourth-order valence-electron chi connectivity index (χ4n) is 2.79. The number of hydrogen-bond acceptors (Lipinski definition) is 7. The number of hydrazone groups is 1. The maximum Gasteiger partial charge on any atom is 0.250 e. The van der Waals surface area contributed by atoms with Gasteiger partial charge in [0.15, 0.2) is 16.7 Å². The van der Waals surface area contributed by atoms with E-state index in [1.807, 2.05) is 56.3 Å². The lowest BCUT2D eigenvalue weighted by Gasteiger charge is -2.13. The quantitative estimate of drug-likeness (QED) is 0.110. The molecule has 0 atom stereocenters. The number of aromatic nitrogens is 2. The third-order valence-electron chi connectivity index (χ3n) is 4.25. The number of rotatable bonds is 9. The van der Waals surface area contributed by atoms with Crippen LogP contribution in [0.2, 0.25) is 0 Å². The number of methoxy groups -OCH3 is 1. The summed E-state index contributed by atoms with van der Waals surface area (Å²) in [5.74, 6) is 1.20. The molecule has 0 aliphatic carbocycles. The largest absolute Gasteiger partial charge is 0.493 e. The summed E-state index contributed by atoms with van der Waals surface area (Å²) in [6.07, 6.45) is 1.57. The van der Waals surface area contributed by atoms with E-state index in [-0.39, 0.29) is 11.7 Å². The maximum atomic E-state index is 12.1. The highest BCUT2D eigenvalue weighted by molar-refractivity contribution is 14.1. The van der Waals surface area contributed by atoms with E-state index >= 15 is 0 Å². The second-order valence-corrected chi connectivity index (χ2v) is 10.3. The molecule has 3 aromatic rings. The lowest BCUT2D eigenvalue weighted by Crippen LogP contribution is -2.19. The van der Waals surface area contributed by atoms with Crippen molar-refractivity contribution in [3.8, 4) is 11.5 Å². The first-order valence-corrected chi connectivity index (χ1v) is 13.0. The predicted molar refractivity (Wildman–Crippen MR) is 147 cm³/mol. The summed E-state index contributed by atoms with van der Waals surface area (Å²) < 4.78 is 13.6. The zero-order chi connectivity index (χ0) is 23.8. The highest BCUT2D eigenvalue weighted by Crippen LogP contribution is 2.34. The molecule has 0 aliphatic heterocycles. The van der Waals surface area contributed by atoms with Crippen molar-refractivity contribution in [2.24, 2.45) is 5.10 Å². The molecule has 0 spiro atoms. The minimum absolute atomic E-state index is 0.173. The van der Waals surface area contributed by atoms with E-state index in [4.69, 9.17) is 9.47 Å². The molecule has 10 heteroatoms. The van der Waals surface area contributed by atoms with Crippen LogP contribution in [0.15, 0.2) is 52.7 Å². The number of nitrogens with one attached hydrogen (secondary N) is 1. The highest BCUT2D eigenvalue weighted by atomic mass is 127. The van der Waals surface area contributed by atoms with Gasteiger partial charge in [-0.15, -0.1) is 0 Å². The second kappa shape index (κ2) is 12.5. The molecule has 3 rings (SSSR count). The molecular formula is C23H22I2N4O3S. The molecule has 33 heavy (non-hydrogen) atoms. The Bertz CT molecular complexity index is 1140. The van der Waals surface area contributed by atoms with Crippen molar-refractivity contribution in [1.82, 2.24) is 15.4 Å². The molecule has 0 saturated heterocycles. The molecular weight excluding hydrogens is 666 g/mol. The number of carbonyl (C=O) groups is 1. The standard InChI is InChI=1S/C23H22I2N4O3S/c1-14-8-15(2)28-23(27-14)33-13-21(30)29-26-11-17-9-19(25)22(20(10-17)31-3)32-12-16-4-6-18(24)7-5-16/h4-11H,12-13H2,1-3H3,(H,29,30)/b26-11-. The highest BCUT2D eigenvalue weighted by Gasteiger charge is 2.12. The van der Waals surface area contributed by atoms with Gasteiger partial charge in [-0.2, -0.15) is 5.10 Å². The molecule has 0 fully saturated rings. The fourth-order valence-corrected chi connectivity index (χ4v) is 4.67. The van der Waals surface area contributed by atoms with Crippen LogP contribution in [-0.2, 0) is 11.4 Å². The van der Waals surface area contributed by atoms with E-state index in [0.717, 1.165) is 26.1 Å². The Morgan fingerprint density at radius 2 is 1.82 bits per heavy atom. The molecule has 0 unspecified atom stereocenters. The van der Waals surface area contributed by atoms with Crippen LogP contribution < -0.4 is 14.9 Å². The molecule has 0 saturated carbocycles. The second-order valence-electron chi connectivity index (χ2n) is 6.96. The zero-order valence-electron chi connectivity index (χ0n) is 18.3. The Hall–Kier alpha value is -1.93. The van der Waals surface area contributed by atoms with E-state index in [9.17, 15) is 4.79 Å². The van der Waals surface area contributed by atoms with Gasteiger partial charge in [0.05, 0.1) is 22.6 Å². The molecule has 1 heterocycles. The smallest absolute Gasteiger partial charge is 0.250 e. The van der Waals surface area contributed by atoms with Crippen LogP contribution in [0.5, 0.6) is 11.5 Å². The number of nitrogens with zero attached hydrogens (tertiary/aromatic N) is 3. The van der Waals surface area contributed by atoms with Crippen LogP contribution in [0.1, 0.15) is 22.5 Å². The van der Waals surface area contributed by atoms with Gasteiger partial charge in [-0.3, -0.25) is 4.79 Å². The van der Waals surface area contributed by atoms with Crippen LogP contribution in [0.3, 0.4) is 0 Å². The normalized spacial score (nSPS) is 10.9. The predicted octanol–water partition coefficient (Wildman–Crippen LogP) is 5.13. The van der Waals surface area contributed by atoms with Crippen LogP contribution in [0, 0.1) is 21.0 Å². The van der Waals surface area contributed by atoms with Crippen molar-refractivity contribution < 1.29 is 14.3 Å². The van der Waals surface area contributed by atoms with Gasteiger partial charge >= 0.3 is 0 Å². The summed E-state index contributed by atoms with van der Waals surface area (Å²) in [6.45, 7) is 4.24. The summed E-state index contributed by atoms with van der Waals surface area (Å²) in [5.41, 5.74) is 6.13. The molecule has 1 amide bonds. The van der Waals surface area contributed by atoms with Crippen molar-refractivity contribution >= 4 is 69.1 Å². The van der Waals surface area contributed by atoms with Crippen molar-refractivity contribution in [2.45, 2.75) is 25.6 Å². The van der Waals surface area contributed by atoms with Crippen LogP contribution in [-0.4, -0.2) is 35.0 Å². The third kappa shape index (κ3) is 8.10. The van der Waals surface area contributed by atoms with Crippen molar-refractivity contribution in [2.75, 3.05) is 12.9 Å². The summed E-state index contributed by atoms with van der Waals surface area (Å²) in [7, 11) is 1.60. The van der Waals surface area contributed by atoms with Crippen LogP contribution >= 0.6 is 56.9 Å². The van der Waals surface area contributed by atoms with Gasteiger partial charge < -0.3 is 9.47 Å². The average molecular weight is 688 g/mol. The number of carbonyl (C=O) groups excluding carboxylic acids is 1. The van der Waals surface area contributed by atoms with Crippen LogP contribution in [0.25, 0.3) is 0 Å². The van der Waals surface area contributed by atoms with Gasteiger partial charge in [-0.25, -0.2) is 15.4 Å². The van der Waals surface area contributed by atoms with E-state index < -0.39 is 0 Å². The van der Waals surface area contributed by atoms with E-state index in [1.165, 1.54) is 15.3 Å². The lowest BCUT2D eigenvalue weighted by atomic mass is 10.2. The fraction of sp³-hybridized carbons (Fsp3) is 0.217. The molecule has 1 N–H and O–H groups in total. The maximum absolute atomic E-state index is 12.1. The summed E-state index contributed by atoms with van der Waals surface area (Å²) in [6, 6.07) is 13.8. The molecule has 1 aromatic heterocycles. The number of benzene rings is 2. The molecule has 7 nitrogen and oxygen atoms in total. The van der Waals surface area contributed by atoms with Gasteiger partial charge in [-0.05, 0) is 100 Å². The summed E-state index contributed by atoms with van der Waals surface area (Å²) in [4.78, 5) is 20.7. The SMILES string of the molecule is COc1cc(/C=N\NC(=O)CSc2nc(C)cc(C)n2)cc(I)c1OCc1ccc(I)cc1. The first kappa shape index (κ1) is 25.7. The Kier molecular flexibility index (Phi) is 9.74. The number of thioether (sulfide) groups is 1. The lowest BCUT2D eigenvalue weighted by molar-refractivity contribution is -0.118. The number of ether oxygens (including phenoxy) is 2. The number of halogens is 2. The number of amides is 1. The summed E-state index contributed by atoms with van der Waals surface area (Å²) in [5, 5.41) is 4.63. The first-order chi connectivity index (χ1) is 15.8. The minimum atomic E-state index is -0.238. The van der Waals surface area contributed by atoms with Gasteiger partial charge in [-0.1, -0.05) is 23.9 Å². The van der Waals surface area contributed by atoms with E-state index in [1.54, 1.807) is 13.3 Å².